The Labute approximate surface area is 123 Å². The van der Waals surface area contributed by atoms with Gasteiger partial charge in [0.05, 0.1) is 0 Å². The van der Waals surface area contributed by atoms with Gasteiger partial charge in [0.15, 0.2) is 23.3 Å². The highest BCUT2D eigenvalue weighted by Gasteiger charge is 2.21. The lowest BCUT2D eigenvalue weighted by atomic mass is 10.1. The van der Waals surface area contributed by atoms with Gasteiger partial charge in [0.25, 0.3) is 0 Å². The first-order valence-corrected chi connectivity index (χ1v) is 8.82. The summed E-state index contributed by atoms with van der Waals surface area (Å²) in [4.78, 5) is 0. The molecule has 21 heavy (non-hydrogen) atoms. The van der Waals surface area contributed by atoms with Crippen molar-refractivity contribution in [3.63, 3.8) is 0 Å². The van der Waals surface area contributed by atoms with Crippen LogP contribution in [0.25, 0.3) is 0 Å². The van der Waals surface area contributed by atoms with E-state index in [0.29, 0.717) is 25.3 Å². The molecule has 7 heteroatoms. The summed E-state index contributed by atoms with van der Waals surface area (Å²) in [5.41, 5.74) is -0.191. The van der Waals surface area contributed by atoms with Gasteiger partial charge in [-0.3, -0.25) is 0 Å². The number of halogens is 4. The normalized spacial score (nSPS) is 11.4. The molecule has 1 aromatic rings. The van der Waals surface area contributed by atoms with Gasteiger partial charge in [-0.1, -0.05) is 13.8 Å². The predicted octanol–water partition coefficient (Wildman–Crippen LogP) is 3.86. The van der Waals surface area contributed by atoms with Crippen LogP contribution in [0.4, 0.5) is 17.6 Å². The summed E-state index contributed by atoms with van der Waals surface area (Å²) in [6.45, 7) is 4.98. The molecule has 0 heterocycles. The van der Waals surface area contributed by atoms with Crippen LogP contribution < -0.4 is 0 Å². The largest absolute Gasteiger partial charge is 0.397 e. The molecule has 120 valence electrons. The van der Waals surface area contributed by atoms with Gasteiger partial charge in [-0.05, 0) is 36.9 Å². The van der Waals surface area contributed by atoms with Crippen LogP contribution in [0.2, 0.25) is 6.04 Å². The molecule has 2 nitrogen and oxygen atoms in total. The van der Waals surface area contributed by atoms with Crippen LogP contribution in [-0.4, -0.2) is 22.5 Å². The van der Waals surface area contributed by atoms with Gasteiger partial charge < -0.3 is 8.85 Å². The fourth-order valence-corrected chi connectivity index (χ4v) is 3.76. The summed E-state index contributed by atoms with van der Waals surface area (Å²) in [6.07, 6.45) is 1.71. The second kappa shape index (κ2) is 9.17. The molecule has 0 fully saturated rings. The van der Waals surface area contributed by atoms with E-state index in [9.17, 15) is 17.6 Å². The molecule has 0 saturated heterocycles. The van der Waals surface area contributed by atoms with Crippen molar-refractivity contribution in [3.05, 3.63) is 34.9 Å². The number of aryl methyl sites for hydroxylation is 1. The molecule has 0 bridgehead atoms. The Morgan fingerprint density at radius 2 is 1.48 bits per heavy atom. The molecular weight excluding hydrogens is 304 g/mol. The van der Waals surface area contributed by atoms with Crippen LogP contribution in [0.5, 0.6) is 0 Å². The minimum absolute atomic E-state index is 0.0598. The second-order valence-corrected chi connectivity index (χ2v) is 6.77. The Kier molecular flexibility index (Phi) is 7.91. The molecule has 0 saturated carbocycles. The molecule has 1 rings (SSSR count). The number of rotatable bonds is 9. The van der Waals surface area contributed by atoms with Crippen molar-refractivity contribution in [3.8, 4) is 0 Å². The maximum atomic E-state index is 13.5. The summed E-state index contributed by atoms with van der Waals surface area (Å²) < 4.78 is 63.8. The van der Waals surface area contributed by atoms with E-state index in [1.807, 2.05) is 13.8 Å². The van der Waals surface area contributed by atoms with Crippen LogP contribution >= 0.6 is 0 Å². The molecule has 0 aromatic heterocycles. The number of hydrogen-bond donors (Lipinski definition) is 0. The zero-order valence-corrected chi connectivity index (χ0v) is 13.4. The van der Waals surface area contributed by atoms with E-state index in [1.165, 1.54) is 0 Å². The monoisotopic (exact) mass is 324 g/mol. The van der Waals surface area contributed by atoms with Crippen molar-refractivity contribution in [2.24, 2.45) is 0 Å². The van der Waals surface area contributed by atoms with Gasteiger partial charge in [0.2, 0.25) is 0 Å². The van der Waals surface area contributed by atoms with E-state index in [4.69, 9.17) is 8.85 Å². The van der Waals surface area contributed by atoms with Crippen LogP contribution in [0.1, 0.15) is 32.3 Å². The van der Waals surface area contributed by atoms with Gasteiger partial charge in [-0.25, -0.2) is 17.6 Å². The van der Waals surface area contributed by atoms with E-state index >= 15 is 0 Å². The SMILES string of the molecule is CCCO[SiH](CCc1cc(F)c(F)c(F)c1F)OCCC. The predicted molar refractivity (Wildman–Crippen MR) is 74.4 cm³/mol. The third-order valence-electron chi connectivity index (χ3n) is 2.84. The van der Waals surface area contributed by atoms with Crippen LogP contribution in [0, 0.1) is 23.3 Å². The Morgan fingerprint density at radius 1 is 0.905 bits per heavy atom. The zero-order chi connectivity index (χ0) is 15.8. The van der Waals surface area contributed by atoms with Crippen molar-refractivity contribution in [2.45, 2.75) is 39.2 Å². The van der Waals surface area contributed by atoms with Crippen molar-refractivity contribution in [1.82, 2.24) is 0 Å². The van der Waals surface area contributed by atoms with Crippen LogP contribution in [-0.2, 0) is 15.3 Å². The molecule has 0 aliphatic carbocycles. The van der Waals surface area contributed by atoms with Crippen LogP contribution in [0.3, 0.4) is 0 Å². The maximum Gasteiger partial charge on any atom is 0.321 e. The minimum Gasteiger partial charge on any atom is -0.397 e. The Morgan fingerprint density at radius 3 is 2.00 bits per heavy atom. The van der Waals surface area contributed by atoms with E-state index in [2.05, 4.69) is 0 Å². The molecule has 0 unspecified atom stereocenters. The first-order valence-electron chi connectivity index (χ1n) is 7.06. The second-order valence-electron chi connectivity index (χ2n) is 4.67. The number of benzene rings is 1. The maximum absolute atomic E-state index is 13.5. The summed E-state index contributed by atoms with van der Waals surface area (Å²) >= 11 is 0. The van der Waals surface area contributed by atoms with Crippen molar-refractivity contribution in [1.29, 1.82) is 0 Å². The highest BCUT2D eigenvalue weighted by atomic mass is 28.3. The molecule has 0 aliphatic heterocycles. The lowest BCUT2D eigenvalue weighted by Gasteiger charge is -2.16. The summed E-state index contributed by atoms with van der Waals surface area (Å²) in [5.74, 6) is -6.28. The van der Waals surface area contributed by atoms with Gasteiger partial charge >= 0.3 is 9.28 Å². The standard InChI is InChI=1S/C14H20F4O2Si/c1-3-6-19-21(20-7-4-2)8-5-10-9-11(15)13(17)14(18)12(10)16/h9,21H,3-8H2,1-2H3. The van der Waals surface area contributed by atoms with Crippen molar-refractivity contribution in [2.75, 3.05) is 13.2 Å². The van der Waals surface area contributed by atoms with Gasteiger partial charge in [0.1, 0.15) is 0 Å². The fraction of sp³-hybridized carbons (Fsp3) is 0.571. The molecule has 0 aliphatic rings. The van der Waals surface area contributed by atoms with Crippen molar-refractivity contribution < 1.29 is 26.4 Å². The van der Waals surface area contributed by atoms with Crippen molar-refractivity contribution >= 4 is 9.28 Å². The molecule has 1 aromatic carbocycles. The first kappa shape index (κ1) is 18.1. The lowest BCUT2D eigenvalue weighted by molar-refractivity contribution is 0.196. The fourth-order valence-electron chi connectivity index (χ4n) is 1.79. The highest BCUT2D eigenvalue weighted by Crippen LogP contribution is 2.20. The average molecular weight is 324 g/mol. The Balaban J connectivity index is 2.70. The Bertz CT molecular complexity index is 449. The van der Waals surface area contributed by atoms with E-state index < -0.39 is 32.6 Å². The van der Waals surface area contributed by atoms with E-state index in [-0.39, 0.29) is 12.0 Å². The summed E-state index contributed by atoms with van der Waals surface area (Å²) in [7, 11) is -2.01. The lowest BCUT2D eigenvalue weighted by Crippen LogP contribution is -2.24. The summed E-state index contributed by atoms with van der Waals surface area (Å²) in [6, 6.07) is 1.07. The van der Waals surface area contributed by atoms with Crippen LogP contribution in [0.15, 0.2) is 6.07 Å². The average Bonchev–Trinajstić information content (AvgIpc) is 2.49. The zero-order valence-electron chi connectivity index (χ0n) is 12.2. The molecule has 0 atom stereocenters. The number of hydrogen-bond acceptors (Lipinski definition) is 2. The van der Waals surface area contributed by atoms with E-state index in [0.717, 1.165) is 12.8 Å². The first-order chi connectivity index (χ1) is 10.0. The third kappa shape index (κ3) is 5.41. The summed E-state index contributed by atoms with van der Waals surface area (Å²) in [5, 5.41) is 0. The van der Waals surface area contributed by atoms with Gasteiger partial charge in [-0.2, -0.15) is 0 Å². The Hall–Kier alpha value is -0.923. The highest BCUT2D eigenvalue weighted by molar-refractivity contribution is 6.44. The minimum atomic E-state index is -2.01. The van der Waals surface area contributed by atoms with Gasteiger partial charge in [-0.15, -0.1) is 0 Å². The smallest absolute Gasteiger partial charge is 0.321 e. The molecule has 0 N–H and O–H groups in total. The van der Waals surface area contributed by atoms with E-state index in [1.54, 1.807) is 0 Å². The quantitative estimate of drug-likeness (QED) is 0.297. The third-order valence-corrected chi connectivity index (χ3v) is 4.82. The molecule has 0 amide bonds. The topological polar surface area (TPSA) is 18.5 Å². The molecule has 0 radical (unpaired) electrons. The van der Waals surface area contributed by atoms with Gasteiger partial charge in [0, 0.05) is 13.2 Å². The molecular formula is C14H20F4O2Si. The molecule has 0 spiro atoms.